The number of carboxylic acid groups (broad SMARTS) is 1. The third kappa shape index (κ3) is 3.08. The predicted octanol–water partition coefficient (Wildman–Crippen LogP) is 1.36. The maximum atomic E-state index is 12.7. The first-order chi connectivity index (χ1) is 9.02. The van der Waals surface area contributed by atoms with Crippen LogP contribution in [0, 0.1) is 5.82 Å². The van der Waals surface area contributed by atoms with Crippen molar-refractivity contribution in [2.45, 2.75) is 24.8 Å². The minimum Gasteiger partial charge on any atom is -0.480 e. The number of rotatable bonds is 5. The van der Waals surface area contributed by atoms with Gasteiger partial charge in [-0.25, -0.2) is 4.39 Å². The zero-order chi connectivity index (χ0) is 13.9. The summed E-state index contributed by atoms with van der Waals surface area (Å²) in [5.74, 6) is -1.65. The van der Waals surface area contributed by atoms with Gasteiger partial charge >= 0.3 is 5.97 Å². The molecule has 1 amide bonds. The van der Waals surface area contributed by atoms with Crippen molar-refractivity contribution in [2.24, 2.45) is 0 Å². The zero-order valence-corrected chi connectivity index (χ0v) is 10.3. The number of amides is 1. The average molecular weight is 266 g/mol. The van der Waals surface area contributed by atoms with Crippen LogP contribution in [0.3, 0.4) is 0 Å². The van der Waals surface area contributed by atoms with Crippen LogP contribution in [0.1, 0.15) is 19.3 Å². The third-order valence-electron chi connectivity index (χ3n) is 3.33. The van der Waals surface area contributed by atoms with E-state index in [2.05, 4.69) is 10.6 Å². The number of benzene rings is 1. The van der Waals surface area contributed by atoms with Crippen LogP contribution in [-0.4, -0.2) is 29.1 Å². The van der Waals surface area contributed by atoms with Crippen molar-refractivity contribution in [3.8, 4) is 0 Å². The maximum Gasteiger partial charge on any atom is 0.323 e. The molecular weight excluding hydrogens is 251 g/mol. The summed E-state index contributed by atoms with van der Waals surface area (Å²) in [4.78, 5) is 22.7. The molecule has 0 saturated heterocycles. The molecule has 0 heterocycles. The Hall–Kier alpha value is -1.95. The highest BCUT2D eigenvalue weighted by molar-refractivity contribution is 5.93. The number of halogens is 1. The Balaban J connectivity index is 1.85. The fraction of sp³-hybridized carbons (Fsp3) is 0.385. The van der Waals surface area contributed by atoms with E-state index in [9.17, 15) is 14.0 Å². The molecule has 1 saturated carbocycles. The van der Waals surface area contributed by atoms with Crippen LogP contribution in [-0.2, 0) is 9.59 Å². The minimum atomic E-state index is -0.958. The Morgan fingerprint density at radius 1 is 1.26 bits per heavy atom. The molecule has 0 radical (unpaired) electrons. The van der Waals surface area contributed by atoms with E-state index >= 15 is 0 Å². The van der Waals surface area contributed by atoms with Crippen molar-refractivity contribution in [3.63, 3.8) is 0 Å². The van der Waals surface area contributed by atoms with Crippen molar-refractivity contribution in [3.05, 3.63) is 30.1 Å². The molecule has 102 valence electrons. The number of nitrogens with one attached hydrogen (secondary N) is 2. The fourth-order valence-corrected chi connectivity index (χ4v) is 1.98. The highest BCUT2D eigenvalue weighted by Crippen LogP contribution is 2.31. The fourth-order valence-electron chi connectivity index (χ4n) is 1.98. The van der Waals surface area contributed by atoms with Gasteiger partial charge in [-0.05, 0) is 43.5 Å². The maximum absolute atomic E-state index is 12.7. The molecule has 0 spiro atoms. The van der Waals surface area contributed by atoms with Gasteiger partial charge in [-0.15, -0.1) is 0 Å². The molecular formula is C13H15FN2O3. The van der Waals surface area contributed by atoms with Crippen molar-refractivity contribution >= 4 is 17.6 Å². The lowest BCUT2D eigenvalue weighted by Crippen LogP contribution is -2.58. The van der Waals surface area contributed by atoms with Crippen LogP contribution in [0.5, 0.6) is 0 Å². The summed E-state index contributed by atoms with van der Waals surface area (Å²) in [5.41, 5.74) is -0.480. The molecule has 0 aromatic heterocycles. The van der Waals surface area contributed by atoms with E-state index in [4.69, 9.17) is 5.11 Å². The summed E-state index contributed by atoms with van der Waals surface area (Å²) in [7, 11) is 0. The summed E-state index contributed by atoms with van der Waals surface area (Å²) in [6.45, 7) is -0.0797. The van der Waals surface area contributed by atoms with Crippen LogP contribution in [0.15, 0.2) is 24.3 Å². The highest BCUT2D eigenvalue weighted by Gasteiger charge is 2.44. The van der Waals surface area contributed by atoms with Crippen LogP contribution < -0.4 is 10.6 Å². The molecule has 0 atom stereocenters. The topological polar surface area (TPSA) is 78.4 Å². The molecule has 1 fully saturated rings. The summed E-state index contributed by atoms with van der Waals surface area (Å²) in [6.07, 6.45) is 1.91. The standard InChI is InChI=1S/C13H15FN2O3/c14-9-2-4-10(5-3-9)16-11(17)8-15-13(12(18)19)6-1-7-13/h2-5,15H,1,6-8H2,(H,16,17)(H,18,19). The van der Waals surface area contributed by atoms with Gasteiger partial charge in [0.2, 0.25) is 5.91 Å². The first-order valence-electron chi connectivity index (χ1n) is 6.06. The summed E-state index contributed by atoms with van der Waals surface area (Å²) in [5, 5.41) is 14.4. The van der Waals surface area contributed by atoms with Gasteiger partial charge in [0.1, 0.15) is 11.4 Å². The Labute approximate surface area is 109 Å². The smallest absolute Gasteiger partial charge is 0.323 e. The Morgan fingerprint density at radius 3 is 2.37 bits per heavy atom. The van der Waals surface area contributed by atoms with E-state index in [0.717, 1.165) is 6.42 Å². The van der Waals surface area contributed by atoms with E-state index in [1.54, 1.807) is 0 Å². The lowest BCUT2D eigenvalue weighted by molar-refractivity contribution is -0.148. The van der Waals surface area contributed by atoms with E-state index < -0.39 is 11.5 Å². The van der Waals surface area contributed by atoms with Crippen molar-refractivity contribution in [2.75, 3.05) is 11.9 Å². The normalized spacial score (nSPS) is 16.5. The Kier molecular flexibility index (Phi) is 3.80. The molecule has 1 aliphatic rings. The number of carbonyl (C=O) groups excluding carboxylic acids is 1. The zero-order valence-electron chi connectivity index (χ0n) is 10.3. The Bertz CT molecular complexity index is 483. The van der Waals surface area contributed by atoms with Crippen LogP contribution in [0.4, 0.5) is 10.1 Å². The lowest BCUT2D eigenvalue weighted by Gasteiger charge is -2.38. The van der Waals surface area contributed by atoms with Crippen molar-refractivity contribution in [1.82, 2.24) is 5.32 Å². The molecule has 5 nitrogen and oxygen atoms in total. The van der Waals surface area contributed by atoms with E-state index in [0.29, 0.717) is 18.5 Å². The van der Waals surface area contributed by atoms with Gasteiger partial charge in [-0.3, -0.25) is 14.9 Å². The molecule has 6 heteroatoms. The number of hydrogen-bond acceptors (Lipinski definition) is 3. The highest BCUT2D eigenvalue weighted by atomic mass is 19.1. The molecule has 19 heavy (non-hydrogen) atoms. The molecule has 0 bridgehead atoms. The second kappa shape index (κ2) is 5.36. The third-order valence-corrected chi connectivity index (χ3v) is 3.33. The van der Waals surface area contributed by atoms with Crippen molar-refractivity contribution < 1.29 is 19.1 Å². The molecule has 1 aromatic rings. The van der Waals surface area contributed by atoms with Gasteiger partial charge in [0.15, 0.2) is 0 Å². The number of carbonyl (C=O) groups is 2. The van der Waals surface area contributed by atoms with Gasteiger partial charge < -0.3 is 10.4 Å². The quantitative estimate of drug-likeness (QED) is 0.752. The monoisotopic (exact) mass is 266 g/mol. The van der Waals surface area contributed by atoms with E-state index in [-0.39, 0.29) is 18.3 Å². The summed E-state index contributed by atoms with van der Waals surface area (Å²) < 4.78 is 12.7. The molecule has 0 unspecified atom stereocenters. The SMILES string of the molecule is O=C(CNC1(C(=O)O)CCC1)Nc1ccc(F)cc1. The molecule has 1 aliphatic carbocycles. The largest absolute Gasteiger partial charge is 0.480 e. The summed E-state index contributed by atoms with van der Waals surface area (Å²) in [6, 6.07) is 5.38. The lowest BCUT2D eigenvalue weighted by atomic mass is 9.77. The minimum absolute atomic E-state index is 0.0797. The second-order valence-electron chi connectivity index (χ2n) is 4.65. The average Bonchev–Trinajstić information content (AvgIpc) is 2.30. The molecule has 0 aliphatic heterocycles. The van der Waals surface area contributed by atoms with Crippen LogP contribution in [0.25, 0.3) is 0 Å². The van der Waals surface area contributed by atoms with Crippen molar-refractivity contribution in [1.29, 1.82) is 0 Å². The molecule has 3 N–H and O–H groups in total. The Morgan fingerprint density at radius 2 is 1.89 bits per heavy atom. The molecule has 1 aromatic carbocycles. The predicted molar refractivity (Wildman–Crippen MR) is 67.3 cm³/mol. The molecule has 2 rings (SSSR count). The number of aliphatic carboxylic acids is 1. The number of anilines is 1. The van der Waals surface area contributed by atoms with Gasteiger partial charge in [0.25, 0.3) is 0 Å². The van der Waals surface area contributed by atoms with Crippen LogP contribution >= 0.6 is 0 Å². The number of hydrogen-bond donors (Lipinski definition) is 3. The van der Waals surface area contributed by atoms with Gasteiger partial charge in [0.05, 0.1) is 6.54 Å². The van der Waals surface area contributed by atoms with E-state index in [1.807, 2.05) is 0 Å². The van der Waals surface area contributed by atoms with E-state index in [1.165, 1.54) is 24.3 Å². The van der Waals surface area contributed by atoms with Gasteiger partial charge in [0, 0.05) is 5.69 Å². The van der Waals surface area contributed by atoms with Gasteiger partial charge in [-0.2, -0.15) is 0 Å². The van der Waals surface area contributed by atoms with Gasteiger partial charge in [-0.1, -0.05) is 0 Å². The second-order valence-corrected chi connectivity index (χ2v) is 4.65. The van der Waals surface area contributed by atoms with Crippen LogP contribution in [0.2, 0.25) is 0 Å². The first-order valence-corrected chi connectivity index (χ1v) is 6.06. The first kappa shape index (κ1) is 13.5. The number of carboxylic acids is 1. The summed E-state index contributed by atoms with van der Waals surface area (Å²) >= 11 is 0.